The number of alkyl halides is 3. The van der Waals surface area contributed by atoms with E-state index in [9.17, 15) is 23.4 Å². The van der Waals surface area contributed by atoms with Crippen molar-refractivity contribution in [2.45, 2.75) is 31.7 Å². The van der Waals surface area contributed by atoms with Gasteiger partial charge in [0, 0.05) is 0 Å². The summed E-state index contributed by atoms with van der Waals surface area (Å²) < 4.78 is 37.7. The molecule has 5 heteroatoms. The molecule has 1 aromatic carbocycles. The molecule has 0 radical (unpaired) electrons. The molecular weight excluding hydrogens is 221 g/mol. The van der Waals surface area contributed by atoms with Crippen LogP contribution in [0, 0.1) is 0 Å². The minimum atomic E-state index is -4.52. The average molecular weight is 234 g/mol. The maximum atomic E-state index is 12.6. The first-order valence-corrected chi connectivity index (χ1v) is 4.90. The molecule has 0 aliphatic rings. The minimum Gasteiger partial charge on any atom is -0.390 e. The van der Waals surface area contributed by atoms with Crippen molar-refractivity contribution in [3.63, 3.8) is 0 Å². The van der Waals surface area contributed by atoms with Gasteiger partial charge in [-0.25, -0.2) is 0 Å². The molecule has 2 N–H and O–H groups in total. The highest BCUT2D eigenvalue weighted by molar-refractivity contribution is 5.32. The third-order valence-electron chi connectivity index (χ3n) is 2.37. The zero-order valence-corrected chi connectivity index (χ0v) is 8.70. The fraction of sp³-hybridized carbons (Fsp3) is 0.455. The van der Waals surface area contributed by atoms with E-state index in [1.807, 2.05) is 0 Å². The summed E-state index contributed by atoms with van der Waals surface area (Å²) in [5, 5.41) is 18.9. The van der Waals surface area contributed by atoms with Crippen molar-refractivity contribution in [2.75, 3.05) is 0 Å². The number of aliphatic hydroxyl groups excluding tert-OH is 2. The second-order valence-electron chi connectivity index (χ2n) is 3.51. The molecule has 16 heavy (non-hydrogen) atoms. The van der Waals surface area contributed by atoms with E-state index in [1.165, 1.54) is 18.2 Å². The van der Waals surface area contributed by atoms with Crippen LogP contribution in [0.4, 0.5) is 13.2 Å². The molecule has 0 saturated carbocycles. The molecule has 0 bridgehead atoms. The monoisotopic (exact) mass is 234 g/mol. The molecular formula is C11H13F3O2. The topological polar surface area (TPSA) is 40.5 Å². The SMILES string of the molecule is CCC(O)C(O)c1ccccc1C(F)(F)F. The van der Waals surface area contributed by atoms with Gasteiger partial charge in [0.2, 0.25) is 0 Å². The van der Waals surface area contributed by atoms with Crippen LogP contribution in [0.15, 0.2) is 24.3 Å². The van der Waals surface area contributed by atoms with E-state index in [2.05, 4.69) is 0 Å². The van der Waals surface area contributed by atoms with E-state index in [4.69, 9.17) is 0 Å². The lowest BCUT2D eigenvalue weighted by molar-refractivity contribution is -0.139. The smallest absolute Gasteiger partial charge is 0.390 e. The summed E-state index contributed by atoms with van der Waals surface area (Å²) in [4.78, 5) is 0. The Morgan fingerprint density at radius 2 is 1.75 bits per heavy atom. The molecule has 0 amide bonds. The fourth-order valence-corrected chi connectivity index (χ4v) is 1.44. The van der Waals surface area contributed by atoms with E-state index >= 15 is 0 Å². The van der Waals surface area contributed by atoms with Crippen molar-refractivity contribution < 1.29 is 23.4 Å². The van der Waals surface area contributed by atoms with Crippen molar-refractivity contribution >= 4 is 0 Å². The number of halogens is 3. The van der Waals surface area contributed by atoms with Crippen LogP contribution in [0.3, 0.4) is 0 Å². The molecule has 2 nitrogen and oxygen atoms in total. The normalized spacial score (nSPS) is 15.9. The summed E-state index contributed by atoms with van der Waals surface area (Å²) in [5.74, 6) is 0. The van der Waals surface area contributed by atoms with Crippen molar-refractivity contribution in [1.29, 1.82) is 0 Å². The van der Waals surface area contributed by atoms with E-state index < -0.39 is 23.9 Å². The Bertz CT molecular complexity index is 349. The van der Waals surface area contributed by atoms with Gasteiger partial charge in [0.1, 0.15) is 6.10 Å². The lowest BCUT2D eigenvalue weighted by atomic mass is 9.97. The Hall–Kier alpha value is -1.07. The van der Waals surface area contributed by atoms with Gasteiger partial charge in [-0.3, -0.25) is 0 Å². The van der Waals surface area contributed by atoms with E-state index in [0.29, 0.717) is 0 Å². The molecule has 1 aromatic rings. The van der Waals surface area contributed by atoms with Gasteiger partial charge >= 0.3 is 6.18 Å². The zero-order chi connectivity index (χ0) is 12.3. The molecule has 0 saturated heterocycles. The van der Waals surface area contributed by atoms with E-state index in [-0.39, 0.29) is 12.0 Å². The summed E-state index contributed by atoms with van der Waals surface area (Å²) >= 11 is 0. The first-order valence-electron chi connectivity index (χ1n) is 4.90. The van der Waals surface area contributed by atoms with Gasteiger partial charge in [0.15, 0.2) is 0 Å². The molecule has 0 aromatic heterocycles. The highest BCUT2D eigenvalue weighted by Gasteiger charge is 2.35. The fourth-order valence-electron chi connectivity index (χ4n) is 1.44. The van der Waals surface area contributed by atoms with Crippen LogP contribution < -0.4 is 0 Å². The molecule has 0 spiro atoms. The highest BCUT2D eigenvalue weighted by atomic mass is 19.4. The number of hydrogen-bond donors (Lipinski definition) is 2. The van der Waals surface area contributed by atoms with Gasteiger partial charge in [-0.2, -0.15) is 13.2 Å². The Kier molecular flexibility index (Phi) is 3.93. The largest absolute Gasteiger partial charge is 0.416 e. The summed E-state index contributed by atoms with van der Waals surface area (Å²) in [5.41, 5.74) is -1.20. The summed E-state index contributed by atoms with van der Waals surface area (Å²) in [6.07, 6.45) is -7.04. The van der Waals surface area contributed by atoms with Crippen LogP contribution in [0.2, 0.25) is 0 Å². The second kappa shape index (κ2) is 4.84. The maximum Gasteiger partial charge on any atom is 0.416 e. The zero-order valence-electron chi connectivity index (χ0n) is 8.70. The van der Waals surface area contributed by atoms with Crippen LogP contribution in [0.25, 0.3) is 0 Å². The van der Waals surface area contributed by atoms with Crippen LogP contribution in [0.1, 0.15) is 30.6 Å². The molecule has 90 valence electrons. The van der Waals surface area contributed by atoms with Gasteiger partial charge in [0.25, 0.3) is 0 Å². The Morgan fingerprint density at radius 1 is 1.19 bits per heavy atom. The minimum absolute atomic E-state index is 0.188. The molecule has 0 aliphatic carbocycles. The lowest BCUT2D eigenvalue weighted by Crippen LogP contribution is -2.21. The number of benzene rings is 1. The van der Waals surface area contributed by atoms with Crippen molar-refractivity contribution in [3.05, 3.63) is 35.4 Å². The summed E-state index contributed by atoms with van der Waals surface area (Å²) in [6, 6.07) is 4.71. The second-order valence-corrected chi connectivity index (χ2v) is 3.51. The molecule has 2 atom stereocenters. The average Bonchev–Trinajstić information content (AvgIpc) is 2.26. The predicted molar refractivity (Wildman–Crippen MR) is 52.7 cm³/mol. The summed E-state index contributed by atoms with van der Waals surface area (Å²) in [6.45, 7) is 1.59. The predicted octanol–water partition coefficient (Wildman–Crippen LogP) is 2.51. The Balaban J connectivity index is 3.13. The van der Waals surface area contributed by atoms with Crippen LogP contribution in [-0.2, 0) is 6.18 Å². The van der Waals surface area contributed by atoms with Gasteiger partial charge in [0.05, 0.1) is 11.7 Å². The first kappa shape index (κ1) is 13.0. The summed E-state index contributed by atoms with van der Waals surface area (Å²) in [7, 11) is 0. The molecule has 0 fully saturated rings. The van der Waals surface area contributed by atoms with Crippen molar-refractivity contribution in [1.82, 2.24) is 0 Å². The maximum absolute atomic E-state index is 12.6. The van der Waals surface area contributed by atoms with Gasteiger partial charge < -0.3 is 10.2 Å². The number of rotatable bonds is 3. The molecule has 0 aliphatic heterocycles. The highest BCUT2D eigenvalue weighted by Crippen LogP contribution is 2.35. The van der Waals surface area contributed by atoms with Crippen LogP contribution >= 0.6 is 0 Å². The Morgan fingerprint density at radius 3 is 2.25 bits per heavy atom. The van der Waals surface area contributed by atoms with Gasteiger partial charge in [-0.1, -0.05) is 25.1 Å². The van der Waals surface area contributed by atoms with Crippen LogP contribution in [-0.4, -0.2) is 16.3 Å². The number of aliphatic hydroxyl groups is 2. The third kappa shape index (κ3) is 2.74. The van der Waals surface area contributed by atoms with E-state index in [1.54, 1.807) is 6.92 Å². The van der Waals surface area contributed by atoms with Crippen molar-refractivity contribution in [2.24, 2.45) is 0 Å². The first-order chi connectivity index (χ1) is 7.38. The molecule has 2 unspecified atom stereocenters. The van der Waals surface area contributed by atoms with E-state index in [0.717, 1.165) is 6.07 Å². The molecule has 0 heterocycles. The van der Waals surface area contributed by atoms with Gasteiger partial charge in [-0.15, -0.1) is 0 Å². The third-order valence-corrected chi connectivity index (χ3v) is 2.37. The quantitative estimate of drug-likeness (QED) is 0.843. The Labute approximate surface area is 91.3 Å². The van der Waals surface area contributed by atoms with Crippen molar-refractivity contribution in [3.8, 4) is 0 Å². The molecule has 1 rings (SSSR count). The van der Waals surface area contributed by atoms with Gasteiger partial charge in [-0.05, 0) is 18.1 Å². The number of hydrogen-bond acceptors (Lipinski definition) is 2. The van der Waals surface area contributed by atoms with Crippen LogP contribution in [0.5, 0.6) is 0 Å². The standard InChI is InChI=1S/C11H13F3O2/c1-2-9(15)10(16)7-5-3-4-6-8(7)11(12,13)14/h3-6,9-10,15-16H,2H2,1H3. The lowest BCUT2D eigenvalue weighted by Gasteiger charge is -2.20.